The Morgan fingerprint density at radius 1 is 0.946 bits per heavy atom. The fraction of sp³-hybridized carbons (Fsp3) is 0.673. The van der Waals surface area contributed by atoms with Crippen LogP contribution in [0.15, 0.2) is 64.3 Å². The van der Waals surface area contributed by atoms with Gasteiger partial charge in [-0.1, -0.05) is 58.7 Å². The maximum Gasteiger partial charge on any atom is 0.410 e. The van der Waals surface area contributed by atoms with Gasteiger partial charge in [0, 0.05) is 44.3 Å². The van der Waals surface area contributed by atoms with Crippen LogP contribution in [0.3, 0.4) is 0 Å². The van der Waals surface area contributed by atoms with Crippen molar-refractivity contribution in [2.75, 3.05) is 32.8 Å². The van der Waals surface area contributed by atoms with Crippen molar-refractivity contribution in [2.24, 2.45) is 16.7 Å². The van der Waals surface area contributed by atoms with Crippen molar-refractivity contribution in [3.05, 3.63) is 71.2 Å². The fourth-order valence-electron chi connectivity index (χ4n) is 12.2. The summed E-state index contributed by atoms with van der Waals surface area (Å²) in [5.74, 6) is -5.51. The lowest BCUT2D eigenvalue weighted by Gasteiger charge is -2.67. The van der Waals surface area contributed by atoms with Crippen molar-refractivity contribution in [3.8, 4) is 0 Å². The first kappa shape index (κ1) is 56.4. The van der Waals surface area contributed by atoms with E-state index in [1.54, 1.807) is 59.7 Å². The van der Waals surface area contributed by atoms with E-state index in [1.807, 2.05) is 0 Å². The molecule has 2 aromatic rings. The number of aliphatic hydroxyl groups excluding tert-OH is 2. The van der Waals surface area contributed by atoms with Gasteiger partial charge in [-0.3, -0.25) is 9.59 Å². The molecule has 5 aliphatic rings. The van der Waals surface area contributed by atoms with E-state index in [2.05, 4.69) is 24.1 Å². The predicted molar refractivity (Wildman–Crippen MR) is 266 cm³/mol. The highest BCUT2D eigenvalue weighted by molar-refractivity contribution is 5.95. The Morgan fingerprint density at radius 2 is 1.59 bits per heavy atom. The van der Waals surface area contributed by atoms with Gasteiger partial charge in [-0.15, -0.1) is 0 Å². The average Bonchev–Trinajstić information content (AvgIpc) is 3.89. The van der Waals surface area contributed by atoms with Gasteiger partial charge in [0.1, 0.15) is 41.3 Å². The van der Waals surface area contributed by atoms with Gasteiger partial charge in [0.15, 0.2) is 23.6 Å². The highest BCUT2D eigenvalue weighted by Crippen LogP contribution is 2.64. The summed E-state index contributed by atoms with van der Waals surface area (Å²) in [5.41, 5.74) is -8.84. The molecule has 19 nitrogen and oxygen atoms in total. The van der Waals surface area contributed by atoms with E-state index in [0.29, 0.717) is 25.9 Å². The Bertz CT molecular complexity index is 2390. The Hall–Kier alpha value is -5.34. The van der Waals surface area contributed by atoms with Crippen LogP contribution in [0.2, 0.25) is 0 Å². The zero-order valence-corrected chi connectivity index (χ0v) is 44.6. The van der Waals surface area contributed by atoms with Crippen LogP contribution >= 0.6 is 0 Å². The van der Waals surface area contributed by atoms with Gasteiger partial charge in [-0.2, -0.15) is 0 Å². The molecule has 3 heterocycles. The number of alkyl carbamates (subject to hydrolysis) is 1. The summed E-state index contributed by atoms with van der Waals surface area (Å²) in [6.45, 7) is 18.7. The molecule has 2 unspecified atom stereocenters. The van der Waals surface area contributed by atoms with Crippen LogP contribution in [-0.4, -0.2) is 153 Å². The zero-order valence-electron chi connectivity index (χ0n) is 44.6. The number of fused-ring (bicyclic) bond motifs is 5. The van der Waals surface area contributed by atoms with E-state index in [1.165, 1.54) is 49.3 Å². The third-order valence-electron chi connectivity index (χ3n) is 16.3. The molecule has 408 valence electrons. The maximum atomic E-state index is 16.2. The van der Waals surface area contributed by atoms with Crippen LogP contribution < -0.4 is 5.32 Å². The number of nitrogens with zero attached hydrogens (tertiary/aromatic N) is 2. The largest absolute Gasteiger partial charge is 0.467 e. The smallest absolute Gasteiger partial charge is 0.410 e. The van der Waals surface area contributed by atoms with Gasteiger partial charge in [0.25, 0.3) is 0 Å². The molecule has 2 aliphatic heterocycles. The maximum absolute atomic E-state index is 16.2. The minimum Gasteiger partial charge on any atom is -0.467 e. The van der Waals surface area contributed by atoms with Crippen molar-refractivity contribution < 1.29 is 76.9 Å². The van der Waals surface area contributed by atoms with Crippen molar-refractivity contribution in [1.82, 2.24) is 15.1 Å². The molecule has 11 atom stereocenters. The van der Waals surface area contributed by atoms with Gasteiger partial charge >= 0.3 is 30.1 Å². The number of hydrogen-bond acceptors (Lipinski definition) is 17. The summed E-state index contributed by atoms with van der Waals surface area (Å²) in [4.78, 5) is 90.5. The monoisotopic (exact) mass is 1040 g/mol. The first-order valence-corrected chi connectivity index (χ1v) is 26.2. The first-order chi connectivity index (χ1) is 34.8. The second kappa shape index (κ2) is 22.1. The SMILES string of the molecule is CCCCN(CCCC)C1CCN(C(=O)O[C@H]2C(=O)[C@@]3(C)C(C(OC(=O)c4ccccc4)[C@]4(O)C[C@H](OC(=O)[C@H](O)[C@H](NC(=O)OC(C)(C)C)c5ccco5)C(C)=C2C4(C)C)[C@]2(OC(C)=O)CO[C@@H]2C[C@@H]3O)CC1. The lowest BCUT2D eigenvalue weighted by Crippen LogP contribution is -2.82. The summed E-state index contributed by atoms with van der Waals surface area (Å²) in [6.07, 6.45) is -6.00. The Kier molecular flexibility index (Phi) is 16.8. The number of aliphatic hydroxyl groups is 3. The van der Waals surface area contributed by atoms with Crippen molar-refractivity contribution in [2.45, 2.75) is 186 Å². The Labute approximate surface area is 433 Å². The molecule has 19 heteroatoms. The average molecular weight is 1040 g/mol. The van der Waals surface area contributed by atoms with Gasteiger partial charge in [0.2, 0.25) is 0 Å². The molecule has 4 N–H and O–H groups in total. The highest BCUT2D eigenvalue weighted by atomic mass is 16.6. The van der Waals surface area contributed by atoms with E-state index in [4.69, 9.17) is 32.8 Å². The minimum atomic E-state index is -2.45. The number of nitrogens with one attached hydrogen (secondary N) is 1. The van der Waals surface area contributed by atoms with Crippen LogP contribution in [-0.2, 0) is 42.8 Å². The number of carbonyl (C=O) groups excluding carboxylic acids is 6. The number of likely N-dealkylation sites (tertiary alicyclic amines) is 1. The lowest BCUT2D eigenvalue weighted by atomic mass is 9.44. The predicted octanol–water partition coefficient (Wildman–Crippen LogP) is 6.36. The number of ether oxygens (including phenoxy) is 6. The van der Waals surface area contributed by atoms with Crippen LogP contribution in [0.1, 0.15) is 143 Å². The van der Waals surface area contributed by atoms with Crippen LogP contribution in [0.25, 0.3) is 0 Å². The van der Waals surface area contributed by atoms with E-state index >= 15 is 4.79 Å². The van der Waals surface area contributed by atoms with Crippen molar-refractivity contribution in [1.29, 1.82) is 0 Å². The molecule has 7 rings (SSSR count). The normalized spacial score (nSPS) is 30.6. The highest BCUT2D eigenvalue weighted by Gasteiger charge is 2.78. The third-order valence-corrected chi connectivity index (χ3v) is 16.3. The second-order valence-corrected chi connectivity index (χ2v) is 22.5. The van der Waals surface area contributed by atoms with Gasteiger partial charge < -0.3 is 63.3 Å². The molecule has 1 aromatic carbocycles. The molecule has 2 saturated heterocycles. The van der Waals surface area contributed by atoms with Gasteiger partial charge in [0.05, 0.1) is 35.9 Å². The quantitative estimate of drug-likeness (QED) is 0.0811. The number of furan rings is 1. The molecule has 2 bridgehead atoms. The van der Waals surface area contributed by atoms with Gasteiger partial charge in [-0.25, -0.2) is 19.2 Å². The number of carbonyl (C=O) groups is 6. The molecule has 0 spiro atoms. The number of amides is 2. The van der Waals surface area contributed by atoms with Crippen LogP contribution in [0.5, 0.6) is 0 Å². The van der Waals surface area contributed by atoms with E-state index in [0.717, 1.165) is 38.8 Å². The molecule has 74 heavy (non-hydrogen) atoms. The molecule has 0 radical (unpaired) electrons. The number of benzene rings is 1. The topological polar surface area (TPSA) is 250 Å². The molecule has 1 aromatic heterocycles. The third kappa shape index (κ3) is 10.7. The molecular weight excluding hydrogens is 959 g/mol. The molecule has 2 amide bonds. The molecular formula is C55H77N3O16. The number of unbranched alkanes of at least 4 members (excludes halogenated alkanes) is 2. The van der Waals surface area contributed by atoms with E-state index < -0.39 is 119 Å². The number of rotatable bonds is 16. The molecule has 3 aliphatic carbocycles. The first-order valence-electron chi connectivity index (χ1n) is 26.2. The fourth-order valence-corrected chi connectivity index (χ4v) is 12.2. The van der Waals surface area contributed by atoms with Crippen LogP contribution in [0.4, 0.5) is 9.59 Å². The summed E-state index contributed by atoms with van der Waals surface area (Å²) in [6, 6.07) is 9.47. The molecule has 4 fully saturated rings. The van der Waals surface area contributed by atoms with Crippen LogP contribution in [0, 0.1) is 16.7 Å². The Morgan fingerprint density at radius 3 is 2.15 bits per heavy atom. The number of hydrogen-bond donors (Lipinski definition) is 4. The number of ketones is 1. The number of Topliss-reactive ketones (excluding diaryl/α,β-unsaturated/α-hetero) is 1. The van der Waals surface area contributed by atoms with Crippen molar-refractivity contribution >= 4 is 35.9 Å². The lowest BCUT2D eigenvalue weighted by molar-refractivity contribution is -0.345. The molecule has 2 saturated carbocycles. The summed E-state index contributed by atoms with van der Waals surface area (Å²) in [5, 5.41) is 40.8. The zero-order chi connectivity index (χ0) is 54.1. The standard InChI is InChI=1S/C55H77N3O16/c1-11-13-24-57(25-14-12-2)35-22-26-58(27-23-35)50(66)71-43-40-32(3)37(70-48(64)42(61)41(36-21-18-28-68-36)56-49(65)74-51(5,6)7)30-55(67,52(40,8)9)46(72-47(63)34-19-16-15-17-20-34)44-53(10,45(43)62)38(60)29-39-54(44,31-69-39)73-33(4)59/h15-21,28,35,37-39,41-44,46,60-61,67H,11-14,22-27,29-31H2,1-10H3,(H,56,65)/t37-,38-,39+,41+,42+,43+,44?,46?,53+,54-,55+/m0/s1. The Balaban J connectivity index is 1.36. The van der Waals surface area contributed by atoms with Crippen molar-refractivity contribution in [3.63, 3.8) is 0 Å². The van der Waals surface area contributed by atoms with E-state index in [9.17, 15) is 39.3 Å². The summed E-state index contributed by atoms with van der Waals surface area (Å²) in [7, 11) is 0. The van der Waals surface area contributed by atoms with Gasteiger partial charge in [-0.05, 0) is 109 Å². The number of esters is 3. The summed E-state index contributed by atoms with van der Waals surface area (Å²) >= 11 is 0. The second-order valence-electron chi connectivity index (χ2n) is 22.5. The number of piperidine rings is 1. The minimum absolute atomic E-state index is 0.00676. The summed E-state index contributed by atoms with van der Waals surface area (Å²) < 4.78 is 42.3. The van der Waals surface area contributed by atoms with E-state index in [-0.39, 0.29) is 41.5 Å².